The molecule has 1 heterocycles. The van der Waals surface area contributed by atoms with Gasteiger partial charge in [0, 0.05) is 5.69 Å². The third-order valence-electron chi connectivity index (χ3n) is 3.92. The minimum atomic E-state index is -0.535. The van der Waals surface area contributed by atoms with Crippen LogP contribution in [0.4, 0.5) is 10.5 Å². The van der Waals surface area contributed by atoms with Crippen LogP contribution in [0.5, 0.6) is 0 Å². The summed E-state index contributed by atoms with van der Waals surface area (Å²) >= 11 is 0. The molecule has 1 N–H and O–H groups in total. The zero-order chi connectivity index (χ0) is 18.0. The lowest BCUT2D eigenvalue weighted by Gasteiger charge is -2.13. The van der Waals surface area contributed by atoms with Crippen LogP contribution in [0.15, 0.2) is 47.3 Å². The summed E-state index contributed by atoms with van der Waals surface area (Å²) in [5.74, 6) is 0.583. The zero-order valence-corrected chi connectivity index (χ0v) is 14.4. The highest BCUT2D eigenvalue weighted by Crippen LogP contribution is 2.19. The van der Waals surface area contributed by atoms with Crippen LogP contribution in [0.25, 0.3) is 16.6 Å². The summed E-state index contributed by atoms with van der Waals surface area (Å²) in [6, 6.07) is 12.7. The molecule has 0 fully saturated rings. The number of nitrogens with zero attached hydrogens (tertiary/aromatic N) is 2. The van der Waals surface area contributed by atoms with E-state index in [0.717, 1.165) is 11.3 Å². The van der Waals surface area contributed by atoms with Crippen molar-refractivity contribution in [2.75, 3.05) is 11.9 Å². The molecule has 0 aliphatic heterocycles. The summed E-state index contributed by atoms with van der Waals surface area (Å²) in [6.45, 7) is 5.77. The lowest BCUT2D eigenvalue weighted by Crippen LogP contribution is -2.23. The molecule has 0 aliphatic carbocycles. The largest absolute Gasteiger partial charge is 0.450 e. The molecule has 2 aromatic carbocycles. The van der Waals surface area contributed by atoms with E-state index >= 15 is 0 Å². The number of hydrogen-bond donors (Lipinski definition) is 1. The molecular weight excluding hydrogens is 318 g/mol. The molecule has 128 valence electrons. The highest BCUT2D eigenvalue weighted by molar-refractivity contribution is 5.89. The van der Waals surface area contributed by atoms with Gasteiger partial charge in [0.05, 0.1) is 23.2 Å². The molecule has 0 atom stereocenters. The molecule has 0 unspecified atom stereocenters. The Bertz CT molecular complexity index is 1010. The molecule has 0 bridgehead atoms. The van der Waals surface area contributed by atoms with Crippen LogP contribution in [0.3, 0.4) is 0 Å². The minimum absolute atomic E-state index is 0.139. The Hall–Kier alpha value is -3.15. The predicted octanol–water partition coefficient (Wildman–Crippen LogP) is 3.57. The Morgan fingerprint density at radius 2 is 1.96 bits per heavy atom. The van der Waals surface area contributed by atoms with Crippen LogP contribution >= 0.6 is 0 Å². The van der Waals surface area contributed by atoms with Gasteiger partial charge in [-0.15, -0.1) is 0 Å². The maximum Gasteiger partial charge on any atom is 0.411 e. The van der Waals surface area contributed by atoms with E-state index in [1.54, 1.807) is 36.6 Å². The molecule has 1 aromatic heterocycles. The maximum atomic E-state index is 12.9. The monoisotopic (exact) mass is 337 g/mol. The van der Waals surface area contributed by atoms with Gasteiger partial charge in [-0.05, 0) is 50.6 Å². The van der Waals surface area contributed by atoms with Crippen molar-refractivity contribution in [3.05, 3.63) is 64.2 Å². The Morgan fingerprint density at radius 3 is 2.68 bits per heavy atom. The van der Waals surface area contributed by atoms with Crippen molar-refractivity contribution in [2.24, 2.45) is 0 Å². The Kier molecular flexibility index (Phi) is 4.52. The van der Waals surface area contributed by atoms with Crippen molar-refractivity contribution >= 4 is 22.7 Å². The minimum Gasteiger partial charge on any atom is -0.450 e. The number of rotatable bonds is 3. The van der Waals surface area contributed by atoms with Crippen LogP contribution in [-0.2, 0) is 4.74 Å². The molecule has 6 heteroatoms. The number of aryl methyl sites for hydroxylation is 2. The molecule has 0 radical (unpaired) electrons. The number of aromatic nitrogens is 2. The number of amides is 1. The highest BCUT2D eigenvalue weighted by atomic mass is 16.5. The topological polar surface area (TPSA) is 73.2 Å². The molecule has 0 saturated carbocycles. The van der Waals surface area contributed by atoms with Crippen LogP contribution in [0.1, 0.15) is 18.3 Å². The highest BCUT2D eigenvalue weighted by Gasteiger charge is 2.12. The number of benzene rings is 2. The predicted molar refractivity (Wildman–Crippen MR) is 97.5 cm³/mol. The summed E-state index contributed by atoms with van der Waals surface area (Å²) in [4.78, 5) is 29.0. The number of para-hydroxylation sites is 1. The van der Waals surface area contributed by atoms with E-state index in [4.69, 9.17) is 4.74 Å². The van der Waals surface area contributed by atoms with Gasteiger partial charge in [-0.1, -0.05) is 18.2 Å². The van der Waals surface area contributed by atoms with Gasteiger partial charge in [0.2, 0.25) is 0 Å². The van der Waals surface area contributed by atoms with Gasteiger partial charge in [-0.2, -0.15) is 0 Å². The molecule has 0 spiro atoms. The van der Waals surface area contributed by atoms with Gasteiger partial charge < -0.3 is 4.74 Å². The maximum absolute atomic E-state index is 12.9. The van der Waals surface area contributed by atoms with Gasteiger partial charge in [0.15, 0.2) is 0 Å². The number of carbonyl (C=O) groups excluding carboxylic acids is 1. The number of anilines is 1. The molecule has 1 amide bonds. The second-order valence-electron chi connectivity index (χ2n) is 5.66. The fraction of sp³-hybridized carbons (Fsp3) is 0.211. The first kappa shape index (κ1) is 16.7. The number of carbonyl (C=O) groups is 1. The smallest absolute Gasteiger partial charge is 0.411 e. The molecule has 6 nitrogen and oxygen atoms in total. The summed E-state index contributed by atoms with van der Waals surface area (Å²) in [5, 5.41) is 3.11. The number of ether oxygens (including phenoxy) is 1. The average Bonchev–Trinajstić information content (AvgIpc) is 2.56. The second-order valence-corrected chi connectivity index (χ2v) is 5.66. The van der Waals surface area contributed by atoms with Gasteiger partial charge >= 0.3 is 6.09 Å². The van der Waals surface area contributed by atoms with Crippen LogP contribution < -0.4 is 10.9 Å². The van der Waals surface area contributed by atoms with E-state index in [0.29, 0.717) is 22.4 Å². The first-order valence-electron chi connectivity index (χ1n) is 8.04. The Balaban J connectivity index is 2.11. The lowest BCUT2D eigenvalue weighted by molar-refractivity contribution is 0.168. The normalized spacial score (nSPS) is 10.7. The third-order valence-corrected chi connectivity index (χ3v) is 3.92. The third kappa shape index (κ3) is 3.24. The van der Waals surface area contributed by atoms with E-state index in [2.05, 4.69) is 10.3 Å². The Morgan fingerprint density at radius 1 is 1.20 bits per heavy atom. The Labute approximate surface area is 145 Å². The molecule has 25 heavy (non-hydrogen) atoms. The SMILES string of the molecule is CCOC(=O)Nc1ccc2c(=O)n(-c3ccccc3C)c(C)nc2c1. The lowest BCUT2D eigenvalue weighted by atomic mass is 10.1. The molecule has 0 saturated heterocycles. The van der Waals surface area contributed by atoms with Gasteiger partial charge in [0.1, 0.15) is 5.82 Å². The number of fused-ring (bicyclic) bond motifs is 1. The van der Waals surface area contributed by atoms with E-state index < -0.39 is 6.09 Å². The van der Waals surface area contributed by atoms with Crippen molar-refractivity contribution in [3.63, 3.8) is 0 Å². The van der Waals surface area contributed by atoms with Crippen molar-refractivity contribution in [1.82, 2.24) is 9.55 Å². The molecule has 3 rings (SSSR count). The van der Waals surface area contributed by atoms with Crippen LogP contribution in [-0.4, -0.2) is 22.3 Å². The average molecular weight is 337 g/mol. The van der Waals surface area contributed by atoms with Crippen LogP contribution in [0.2, 0.25) is 0 Å². The summed E-state index contributed by atoms with van der Waals surface area (Å²) in [7, 11) is 0. The van der Waals surface area contributed by atoms with Gasteiger partial charge in [-0.3, -0.25) is 14.7 Å². The van der Waals surface area contributed by atoms with E-state index in [9.17, 15) is 9.59 Å². The van der Waals surface area contributed by atoms with Crippen molar-refractivity contribution < 1.29 is 9.53 Å². The number of nitrogens with one attached hydrogen (secondary N) is 1. The van der Waals surface area contributed by atoms with Crippen molar-refractivity contribution in [2.45, 2.75) is 20.8 Å². The van der Waals surface area contributed by atoms with Crippen molar-refractivity contribution in [1.29, 1.82) is 0 Å². The summed E-state index contributed by atoms with van der Waals surface area (Å²) < 4.78 is 6.47. The molecule has 0 aliphatic rings. The van der Waals surface area contributed by atoms with E-state index in [1.165, 1.54) is 0 Å². The van der Waals surface area contributed by atoms with E-state index in [-0.39, 0.29) is 12.2 Å². The first-order chi connectivity index (χ1) is 12.0. The summed E-state index contributed by atoms with van der Waals surface area (Å²) in [6.07, 6.45) is -0.535. The van der Waals surface area contributed by atoms with Crippen LogP contribution in [0, 0.1) is 13.8 Å². The molecular formula is C19H19N3O3. The van der Waals surface area contributed by atoms with Crippen molar-refractivity contribution in [3.8, 4) is 5.69 Å². The van der Waals surface area contributed by atoms with Gasteiger partial charge in [-0.25, -0.2) is 9.78 Å². The zero-order valence-electron chi connectivity index (χ0n) is 14.4. The van der Waals surface area contributed by atoms with Gasteiger partial charge in [0.25, 0.3) is 5.56 Å². The quantitative estimate of drug-likeness (QED) is 0.793. The first-order valence-corrected chi connectivity index (χ1v) is 8.04. The molecule has 3 aromatic rings. The standard InChI is InChI=1S/C19H19N3O3/c1-4-25-19(24)21-14-9-10-15-16(11-14)20-13(3)22(18(15)23)17-8-6-5-7-12(17)2/h5-11H,4H2,1-3H3,(H,21,24). The fourth-order valence-corrected chi connectivity index (χ4v) is 2.76. The van der Waals surface area contributed by atoms with E-state index in [1.807, 2.05) is 31.2 Å². The summed E-state index contributed by atoms with van der Waals surface area (Å²) in [5.41, 5.74) is 2.73. The second kappa shape index (κ2) is 6.76. The number of hydrogen-bond acceptors (Lipinski definition) is 4. The fourth-order valence-electron chi connectivity index (χ4n) is 2.76.